The van der Waals surface area contributed by atoms with E-state index in [0.29, 0.717) is 4.99 Å². The number of thiocarbonyl (C=S) groups is 1. The van der Waals surface area contributed by atoms with Gasteiger partial charge in [0, 0.05) is 24.5 Å². The van der Waals surface area contributed by atoms with Crippen LogP contribution in [0.2, 0.25) is 5.02 Å². The molecule has 4 heteroatoms. The Balaban J connectivity index is 2.44. The van der Waals surface area contributed by atoms with Gasteiger partial charge in [-0.25, -0.2) is 0 Å². The van der Waals surface area contributed by atoms with Gasteiger partial charge in [-0.3, -0.25) is 0 Å². The van der Waals surface area contributed by atoms with E-state index in [1.165, 1.54) is 5.56 Å². The molecule has 0 heterocycles. The Labute approximate surface area is 101 Å². The quantitative estimate of drug-likeness (QED) is 0.805. The average molecular weight is 243 g/mol. The third-order valence-electron chi connectivity index (χ3n) is 2.08. The summed E-state index contributed by atoms with van der Waals surface area (Å²) in [5.41, 5.74) is 6.64. The lowest BCUT2D eigenvalue weighted by atomic mass is 10.2. The third kappa shape index (κ3) is 5.11. The number of benzene rings is 1. The van der Waals surface area contributed by atoms with E-state index in [1.54, 1.807) is 0 Å². The van der Waals surface area contributed by atoms with Crippen molar-refractivity contribution in [1.82, 2.24) is 4.90 Å². The fraction of sp³-hybridized carbons (Fsp3) is 0.364. The topological polar surface area (TPSA) is 29.3 Å². The summed E-state index contributed by atoms with van der Waals surface area (Å²) < 4.78 is 0. The maximum Gasteiger partial charge on any atom is 0.0740 e. The summed E-state index contributed by atoms with van der Waals surface area (Å²) in [6.07, 6.45) is 0.756. The lowest BCUT2D eigenvalue weighted by Gasteiger charge is -2.16. The lowest BCUT2D eigenvalue weighted by Crippen LogP contribution is -2.23. The van der Waals surface area contributed by atoms with E-state index >= 15 is 0 Å². The normalized spacial score (nSPS) is 10.6. The lowest BCUT2D eigenvalue weighted by molar-refractivity contribution is 0.337. The van der Waals surface area contributed by atoms with E-state index < -0.39 is 0 Å². The zero-order chi connectivity index (χ0) is 11.3. The molecular weight excluding hydrogens is 228 g/mol. The SMILES string of the molecule is CN(CCC(N)=S)Cc1cccc(Cl)c1. The molecule has 0 aliphatic heterocycles. The molecular formula is C11H15ClN2S. The van der Waals surface area contributed by atoms with Gasteiger partial charge >= 0.3 is 0 Å². The van der Waals surface area contributed by atoms with Crippen molar-refractivity contribution in [3.05, 3.63) is 34.9 Å². The average Bonchev–Trinajstić information content (AvgIpc) is 2.15. The molecule has 0 atom stereocenters. The number of rotatable bonds is 5. The molecule has 0 fully saturated rings. The van der Waals surface area contributed by atoms with Crippen molar-refractivity contribution >= 4 is 28.8 Å². The van der Waals surface area contributed by atoms with E-state index in [0.717, 1.165) is 24.5 Å². The van der Waals surface area contributed by atoms with Gasteiger partial charge < -0.3 is 10.6 Å². The van der Waals surface area contributed by atoms with Crippen LogP contribution in [0.25, 0.3) is 0 Å². The Morgan fingerprint density at radius 1 is 1.53 bits per heavy atom. The number of hydrogen-bond acceptors (Lipinski definition) is 2. The van der Waals surface area contributed by atoms with E-state index in [9.17, 15) is 0 Å². The van der Waals surface area contributed by atoms with Gasteiger partial charge in [-0.1, -0.05) is 36.0 Å². The highest BCUT2D eigenvalue weighted by atomic mass is 35.5. The second-order valence-electron chi connectivity index (χ2n) is 3.58. The van der Waals surface area contributed by atoms with Gasteiger partial charge in [0.2, 0.25) is 0 Å². The summed E-state index contributed by atoms with van der Waals surface area (Å²) in [7, 11) is 2.04. The zero-order valence-electron chi connectivity index (χ0n) is 8.74. The number of hydrogen-bond donors (Lipinski definition) is 1. The van der Waals surface area contributed by atoms with Gasteiger partial charge in [-0.05, 0) is 24.7 Å². The van der Waals surface area contributed by atoms with Crippen molar-refractivity contribution in [2.75, 3.05) is 13.6 Å². The number of nitrogens with two attached hydrogens (primary N) is 1. The van der Waals surface area contributed by atoms with Crippen molar-refractivity contribution in [3.8, 4) is 0 Å². The fourth-order valence-corrected chi connectivity index (χ4v) is 1.63. The van der Waals surface area contributed by atoms with Gasteiger partial charge in [0.15, 0.2) is 0 Å². The molecule has 1 aromatic carbocycles. The highest BCUT2D eigenvalue weighted by Gasteiger charge is 2.01. The molecule has 1 aromatic rings. The van der Waals surface area contributed by atoms with Crippen molar-refractivity contribution in [3.63, 3.8) is 0 Å². The minimum Gasteiger partial charge on any atom is -0.393 e. The first kappa shape index (κ1) is 12.4. The van der Waals surface area contributed by atoms with Gasteiger partial charge in [-0.2, -0.15) is 0 Å². The first-order chi connectivity index (χ1) is 7.08. The van der Waals surface area contributed by atoms with Crippen LogP contribution >= 0.6 is 23.8 Å². The maximum absolute atomic E-state index is 5.90. The molecule has 0 aliphatic rings. The summed E-state index contributed by atoms with van der Waals surface area (Å²) in [6, 6.07) is 7.86. The number of nitrogens with zero attached hydrogens (tertiary/aromatic N) is 1. The van der Waals surface area contributed by atoms with Crippen LogP contribution in [0.3, 0.4) is 0 Å². The second-order valence-corrected chi connectivity index (χ2v) is 4.54. The van der Waals surface area contributed by atoms with Crippen LogP contribution in [-0.2, 0) is 6.54 Å². The molecule has 0 radical (unpaired) electrons. The molecule has 0 bridgehead atoms. The van der Waals surface area contributed by atoms with Gasteiger partial charge in [0.25, 0.3) is 0 Å². The van der Waals surface area contributed by atoms with Crippen LogP contribution in [0.5, 0.6) is 0 Å². The Hall–Kier alpha value is -0.640. The van der Waals surface area contributed by atoms with Gasteiger partial charge in [0.1, 0.15) is 0 Å². The molecule has 0 saturated carbocycles. The van der Waals surface area contributed by atoms with E-state index in [-0.39, 0.29) is 0 Å². The molecule has 2 nitrogen and oxygen atoms in total. The molecule has 15 heavy (non-hydrogen) atoms. The predicted octanol–water partition coefficient (Wildman–Crippen LogP) is 2.45. The first-order valence-electron chi connectivity index (χ1n) is 4.79. The summed E-state index contributed by atoms with van der Waals surface area (Å²) >= 11 is 10.7. The van der Waals surface area contributed by atoms with Gasteiger partial charge in [0.05, 0.1) is 4.99 Å². The molecule has 0 amide bonds. The summed E-state index contributed by atoms with van der Waals surface area (Å²) in [6.45, 7) is 1.74. The van der Waals surface area contributed by atoms with Crippen LogP contribution in [0.1, 0.15) is 12.0 Å². The number of halogens is 1. The summed E-state index contributed by atoms with van der Waals surface area (Å²) in [4.78, 5) is 2.73. The van der Waals surface area contributed by atoms with Crippen LogP contribution in [0, 0.1) is 0 Å². The van der Waals surface area contributed by atoms with Crippen molar-refractivity contribution in [2.45, 2.75) is 13.0 Å². The fourth-order valence-electron chi connectivity index (χ4n) is 1.33. The van der Waals surface area contributed by atoms with E-state index in [4.69, 9.17) is 29.6 Å². The van der Waals surface area contributed by atoms with Crippen molar-refractivity contribution < 1.29 is 0 Å². The van der Waals surface area contributed by atoms with E-state index in [2.05, 4.69) is 11.0 Å². The predicted molar refractivity (Wildman–Crippen MR) is 69.2 cm³/mol. The third-order valence-corrected chi connectivity index (χ3v) is 2.52. The standard InChI is InChI=1S/C11H15ClN2S/c1-14(6-5-11(13)15)8-9-3-2-4-10(12)7-9/h2-4,7H,5-6,8H2,1H3,(H2,13,15). The smallest absolute Gasteiger partial charge is 0.0740 e. The van der Waals surface area contributed by atoms with E-state index in [1.807, 2.05) is 25.2 Å². The molecule has 2 N–H and O–H groups in total. The van der Waals surface area contributed by atoms with Crippen molar-refractivity contribution in [1.29, 1.82) is 0 Å². The minimum atomic E-state index is 0.563. The zero-order valence-corrected chi connectivity index (χ0v) is 10.3. The summed E-state index contributed by atoms with van der Waals surface area (Å²) in [5.74, 6) is 0. The van der Waals surface area contributed by atoms with Crippen LogP contribution < -0.4 is 5.73 Å². The molecule has 0 aromatic heterocycles. The Kier molecular flexibility index (Phi) is 5.02. The maximum atomic E-state index is 5.90. The highest BCUT2D eigenvalue weighted by Crippen LogP contribution is 2.12. The molecule has 0 spiro atoms. The minimum absolute atomic E-state index is 0.563. The summed E-state index contributed by atoms with van der Waals surface area (Å²) in [5, 5.41) is 0.773. The Morgan fingerprint density at radius 3 is 2.87 bits per heavy atom. The monoisotopic (exact) mass is 242 g/mol. The molecule has 0 aliphatic carbocycles. The van der Waals surface area contributed by atoms with Crippen molar-refractivity contribution in [2.24, 2.45) is 5.73 Å². The Morgan fingerprint density at radius 2 is 2.27 bits per heavy atom. The first-order valence-corrected chi connectivity index (χ1v) is 5.58. The molecule has 0 saturated heterocycles. The molecule has 1 rings (SSSR count). The van der Waals surface area contributed by atoms with Crippen LogP contribution in [0.15, 0.2) is 24.3 Å². The molecule has 82 valence electrons. The molecule has 0 unspecified atom stereocenters. The second kappa shape index (κ2) is 6.05. The Bertz CT molecular complexity index is 341. The largest absolute Gasteiger partial charge is 0.393 e. The van der Waals surface area contributed by atoms with Crippen LogP contribution in [0.4, 0.5) is 0 Å². The van der Waals surface area contributed by atoms with Gasteiger partial charge in [-0.15, -0.1) is 0 Å². The van der Waals surface area contributed by atoms with Crippen LogP contribution in [-0.4, -0.2) is 23.5 Å². The highest BCUT2D eigenvalue weighted by molar-refractivity contribution is 7.80.